The number of fused-ring (bicyclic) bond motifs is 1. The van der Waals surface area contributed by atoms with Crippen LogP contribution in [0.2, 0.25) is 0 Å². The van der Waals surface area contributed by atoms with Crippen molar-refractivity contribution in [2.45, 2.75) is 52.7 Å². The lowest BCUT2D eigenvalue weighted by atomic mass is 10.0. The fourth-order valence-electron chi connectivity index (χ4n) is 3.34. The number of hydrogen-bond donors (Lipinski definition) is 1. The van der Waals surface area contributed by atoms with Gasteiger partial charge in [0.2, 0.25) is 0 Å². The van der Waals surface area contributed by atoms with Gasteiger partial charge >= 0.3 is 6.09 Å². The zero-order valence-electron chi connectivity index (χ0n) is 17.6. The number of benzene rings is 2. The molecule has 1 heterocycles. The van der Waals surface area contributed by atoms with E-state index >= 15 is 0 Å². The maximum absolute atomic E-state index is 12.7. The lowest BCUT2D eigenvalue weighted by Crippen LogP contribution is -2.39. The van der Waals surface area contributed by atoms with E-state index in [1.165, 1.54) is 0 Å². The highest BCUT2D eigenvalue weighted by atomic mass is 79.9. The van der Waals surface area contributed by atoms with Crippen molar-refractivity contribution in [2.24, 2.45) is 0 Å². The van der Waals surface area contributed by atoms with Gasteiger partial charge in [-0.05, 0) is 51.0 Å². The second-order valence-corrected chi connectivity index (χ2v) is 9.03. The first kappa shape index (κ1) is 21.4. The van der Waals surface area contributed by atoms with Crippen molar-refractivity contribution in [3.8, 4) is 11.3 Å². The highest BCUT2D eigenvalue weighted by molar-refractivity contribution is 9.10. The third-order valence-electron chi connectivity index (χ3n) is 4.71. The molecule has 0 spiro atoms. The molecule has 1 amide bonds. The van der Waals surface area contributed by atoms with E-state index in [-0.39, 0.29) is 12.1 Å². The number of carbonyl (C=O) groups is 1. The molecule has 0 aliphatic heterocycles. The molecule has 0 fully saturated rings. The number of ether oxygens (including phenoxy) is 1. The van der Waals surface area contributed by atoms with Crippen LogP contribution in [0.15, 0.2) is 47.1 Å². The van der Waals surface area contributed by atoms with Crippen molar-refractivity contribution >= 4 is 32.8 Å². The summed E-state index contributed by atoms with van der Waals surface area (Å²) in [5.41, 5.74) is 1.47. The Balaban J connectivity index is 1.92. The van der Waals surface area contributed by atoms with Gasteiger partial charge in [-0.3, -0.25) is 4.90 Å². The van der Waals surface area contributed by atoms with Crippen molar-refractivity contribution in [1.82, 2.24) is 14.9 Å². The number of nitrogens with zero attached hydrogens (tertiary/aromatic N) is 2. The van der Waals surface area contributed by atoms with Crippen LogP contribution in [0, 0.1) is 0 Å². The number of hydrogen-bond acceptors (Lipinski definition) is 3. The molecule has 5 nitrogen and oxygen atoms in total. The van der Waals surface area contributed by atoms with Crippen molar-refractivity contribution in [3.05, 3.63) is 52.9 Å². The number of imidazole rings is 1. The van der Waals surface area contributed by atoms with Crippen LogP contribution in [0.5, 0.6) is 0 Å². The first-order valence-corrected chi connectivity index (χ1v) is 10.7. The average molecular weight is 458 g/mol. The van der Waals surface area contributed by atoms with Gasteiger partial charge in [-0.25, -0.2) is 9.78 Å². The number of H-pyrrole nitrogens is 1. The minimum absolute atomic E-state index is 0.222. The number of nitrogens with one attached hydrogen (secondary N) is 1. The van der Waals surface area contributed by atoms with Crippen LogP contribution in [0.25, 0.3) is 22.0 Å². The Labute approximate surface area is 180 Å². The second-order valence-electron chi connectivity index (χ2n) is 8.17. The summed E-state index contributed by atoms with van der Waals surface area (Å²) in [5.74, 6) is 0.742. The normalized spacial score (nSPS) is 12.8. The maximum atomic E-state index is 12.7. The summed E-state index contributed by atoms with van der Waals surface area (Å²) < 4.78 is 6.66. The fourth-order valence-corrected chi connectivity index (χ4v) is 3.81. The third kappa shape index (κ3) is 4.81. The summed E-state index contributed by atoms with van der Waals surface area (Å²) in [4.78, 5) is 22.4. The van der Waals surface area contributed by atoms with Crippen molar-refractivity contribution < 1.29 is 9.53 Å². The van der Waals surface area contributed by atoms with E-state index in [1.807, 2.05) is 59.0 Å². The molecule has 1 unspecified atom stereocenters. The Bertz CT molecular complexity index is 1010. The van der Waals surface area contributed by atoms with E-state index in [4.69, 9.17) is 4.74 Å². The topological polar surface area (TPSA) is 58.2 Å². The molecule has 1 aromatic heterocycles. The van der Waals surface area contributed by atoms with Gasteiger partial charge < -0.3 is 9.72 Å². The minimum Gasteiger partial charge on any atom is -0.444 e. The van der Waals surface area contributed by atoms with E-state index < -0.39 is 5.60 Å². The molecule has 0 radical (unpaired) electrons. The van der Waals surface area contributed by atoms with Gasteiger partial charge in [0.1, 0.15) is 11.4 Å². The number of rotatable bonds is 5. The third-order valence-corrected chi connectivity index (χ3v) is 5.40. The fraction of sp³-hybridized carbons (Fsp3) is 0.391. The standard InChI is InChI=1S/C23H28BrN3O2/c1-6-13-27(22(28)29-23(3,4)5)15(2)21-25-14-20(26-21)18-11-12-19(24)17-10-8-7-9-16(17)18/h7-12,14-15H,6,13H2,1-5H3,(H,25,26). The molecule has 0 aliphatic carbocycles. The Morgan fingerprint density at radius 3 is 2.55 bits per heavy atom. The Hall–Kier alpha value is -2.34. The predicted octanol–water partition coefficient (Wildman–Crippen LogP) is 6.70. The summed E-state index contributed by atoms with van der Waals surface area (Å²) in [6.45, 7) is 10.3. The number of halogens is 1. The van der Waals surface area contributed by atoms with Crippen LogP contribution in [-0.4, -0.2) is 33.1 Å². The second kappa shape index (κ2) is 8.57. The average Bonchev–Trinajstić information content (AvgIpc) is 3.14. The van der Waals surface area contributed by atoms with Crippen LogP contribution >= 0.6 is 15.9 Å². The van der Waals surface area contributed by atoms with E-state index in [0.717, 1.165) is 38.7 Å². The van der Waals surface area contributed by atoms with Gasteiger partial charge in [0.05, 0.1) is 17.9 Å². The SMILES string of the molecule is CCCN(C(=O)OC(C)(C)C)C(C)c1ncc(-c2ccc(Br)c3ccccc23)[nH]1. The Kier molecular flexibility index (Phi) is 6.32. The molecule has 1 atom stereocenters. The molecule has 1 N–H and O–H groups in total. The smallest absolute Gasteiger partial charge is 0.410 e. The van der Waals surface area contributed by atoms with Gasteiger partial charge in [-0.1, -0.05) is 53.2 Å². The Morgan fingerprint density at radius 2 is 1.90 bits per heavy atom. The molecule has 6 heteroatoms. The van der Waals surface area contributed by atoms with Gasteiger partial charge in [0.25, 0.3) is 0 Å². The first-order valence-electron chi connectivity index (χ1n) is 9.93. The lowest BCUT2D eigenvalue weighted by molar-refractivity contribution is 0.0166. The molecule has 3 rings (SSSR count). The highest BCUT2D eigenvalue weighted by Gasteiger charge is 2.28. The number of aromatic nitrogens is 2. The van der Waals surface area contributed by atoms with Gasteiger partial charge in [-0.2, -0.15) is 0 Å². The molecular weight excluding hydrogens is 430 g/mol. The van der Waals surface area contributed by atoms with E-state index in [9.17, 15) is 4.79 Å². The monoisotopic (exact) mass is 457 g/mol. The Morgan fingerprint density at radius 1 is 1.21 bits per heavy atom. The number of aromatic amines is 1. The van der Waals surface area contributed by atoms with Crippen LogP contribution in [0.3, 0.4) is 0 Å². The van der Waals surface area contributed by atoms with E-state index in [1.54, 1.807) is 4.90 Å². The zero-order chi connectivity index (χ0) is 21.2. The van der Waals surface area contributed by atoms with Gasteiger partial charge in [0.15, 0.2) is 0 Å². The van der Waals surface area contributed by atoms with Gasteiger partial charge in [-0.15, -0.1) is 0 Å². The molecule has 0 bridgehead atoms. The predicted molar refractivity (Wildman–Crippen MR) is 121 cm³/mol. The lowest BCUT2D eigenvalue weighted by Gasteiger charge is -2.30. The van der Waals surface area contributed by atoms with Crippen LogP contribution in [0.4, 0.5) is 4.79 Å². The van der Waals surface area contributed by atoms with Crippen molar-refractivity contribution in [3.63, 3.8) is 0 Å². The van der Waals surface area contributed by atoms with Gasteiger partial charge in [0, 0.05) is 16.6 Å². The number of carbonyl (C=O) groups excluding carboxylic acids is 1. The van der Waals surface area contributed by atoms with Crippen LogP contribution in [-0.2, 0) is 4.74 Å². The summed E-state index contributed by atoms with van der Waals surface area (Å²) in [5, 5.41) is 2.29. The van der Waals surface area contributed by atoms with Crippen molar-refractivity contribution in [2.75, 3.05) is 6.54 Å². The molecule has 2 aromatic carbocycles. The molecule has 3 aromatic rings. The molecule has 0 aliphatic rings. The van der Waals surface area contributed by atoms with Crippen molar-refractivity contribution in [1.29, 1.82) is 0 Å². The quantitative estimate of drug-likeness (QED) is 0.463. The first-order chi connectivity index (χ1) is 13.7. The summed E-state index contributed by atoms with van der Waals surface area (Å²) in [6, 6.07) is 12.2. The summed E-state index contributed by atoms with van der Waals surface area (Å²) >= 11 is 3.62. The molecule has 0 saturated carbocycles. The molecule has 0 saturated heterocycles. The number of amides is 1. The molecule has 154 valence electrons. The largest absolute Gasteiger partial charge is 0.444 e. The summed E-state index contributed by atoms with van der Waals surface area (Å²) in [7, 11) is 0. The zero-order valence-corrected chi connectivity index (χ0v) is 19.2. The van der Waals surface area contributed by atoms with E-state index in [2.05, 4.69) is 44.1 Å². The van der Waals surface area contributed by atoms with Crippen LogP contribution in [0.1, 0.15) is 52.9 Å². The summed E-state index contributed by atoms with van der Waals surface area (Å²) in [6.07, 6.45) is 2.36. The maximum Gasteiger partial charge on any atom is 0.410 e. The van der Waals surface area contributed by atoms with Crippen LogP contribution < -0.4 is 0 Å². The highest BCUT2D eigenvalue weighted by Crippen LogP contribution is 2.33. The van der Waals surface area contributed by atoms with E-state index in [0.29, 0.717) is 6.54 Å². The molecule has 29 heavy (non-hydrogen) atoms. The molecular formula is C23H28BrN3O2. The minimum atomic E-state index is -0.534.